The molecule has 0 aliphatic carbocycles. The number of amides is 2. The van der Waals surface area contributed by atoms with Crippen LogP contribution in [0.3, 0.4) is 0 Å². The summed E-state index contributed by atoms with van der Waals surface area (Å²) in [5.74, 6) is -0.305. The SMILES string of the molecule is COc1cccc(NC(=O)CSc2ccccc2C(=O)OCC(=O)N(C(C)C)C(C)C)c1. The predicted molar refractivity (Wildman–Crippen MR) is 126 cm³/mol. The van der Waals surface area contributed by atoms with E-state index in [4.69, 9.17) is 9.47 Å². The number of carbonyl (C=O) groups is 3. The molecule has 0 aliphatic rings. The normalized spacial score (nSPS) is 10.7. The molecule has 0 bridgehead atoms. The van der Waals surface area contributed by atoms with Gasteiger partial charge in [-0.25, -0.2) is 4.79 Å². The first-order chi connectivity index (χ1) is 15.2. The van der Waals surface area contributed by atoms with E-state index in [9.17, 15) is 14.4 Å². The Balaban J connectivity index is 1.97. The summed E-state index contributed by atoms with van der Waals surface area (Å²) in [6.07, 6.45) is 0. The van der Waals surface area contributed by atoms with Gasteiger partial charge in [0.1, 0.15) is 5.75 Å². The number of rotatable bonds is 10. The van der Waals surface area contributed by atoms with E-state index >= 15 is 0 Å². The molecule has 0 aromatic heterocycles. The molecule has 1 N–H and O–H groups in total. The highest BCUT2D eigenvalue weighted by atomic mass is 32.2. The Bertz CT molecular complexity index is 937. The molecule has 0 aliphatic heterocycles. The Labute approximate surface area is 193 Å². The summed E-state index contributed by atoms with van der Waals surface area (Å²) in [6, 6.07) is 13.9. The summed E-state index contributed by atoms with van der Waals surface area (Å²) in [5, 5.41) is 2.80. The number of benzene rings is 2. The monoisotopic (exact) mass is 458 g/mol. The van der Waals surface area contributed by atoms with Gasteiger partial charge in [-0.3, -0.25) is 9.59 Å². The zero-order valence-electron chi connectivity index (χ0n) is 19.1. The van der Waals surface area contributed by atoms with Crippen molar-refractivity contribution in [1.82, 2.24) is 4.90 Å². The Hall–Kier alpha value is -3.00. The average molecular weight is 459 g/mol. The largest absolute Gasteiger partial charge is 0.497 e. The molecular weight excluding hydrogens is 428 g/mol. The lowest BCUT2D eigenvalue weighted by Gasteiger charge is -2.30. The lowest BCUT2D eigenvalue weighted by Crippen LogP contribution is -2.44. The summed E-state index contributed by atoms with van der Waals surface area (Å²) in [6.45, 7) is 7.35. The van der Waals surface area contributed by atoms with Crippen LogP contribution in [0.5, 0.6) is 5.75 Å². The number of hydrogen-bond acceptors (Lipinski definition) is 6. The Morgan fingerprint density at radius 1 is 1.00 bits per heavy atom. The molecule has 7 nitrogen and oxygen atoms in total. The molecule has 0 fully saturated rings. The van der Waals surface area contributed by atoms with E-state index in [1.807, 2.05) is 27.7 Å². The third-order valence-corrected chi connectivity index (χ3v) is 5.62. The van der Waals surface area contributed by atoms with Crippen molar-refractivity contribution in [2.75, 3.05) is 24.8 Å². The summed E-state index contributed by atoms with van der Waals surface area (Å²) in [5.41, 5.74) is 0.946. The van der Waals surface area contributed by atoms with E-state index in [-0.39, 0.29) is 36.3 Å². The van der Waals surface area contributed by atoms with E-state index in [2.05, 4.69) is 5.32 Å². The highest BCUT2D eigenvalue weighted by Gasteiger charge is 2.22. The average Bonchev–Trinajstić information content (AvgIpc) is 2.76. The van der Waals surface area contributed by atoms with E-state index in [1.165, 1.54) is 11.8 Å². The van der Waals surface area contributed by atoms with Gasteiger partial charge < -0.3 is 19.7 Å². The number of methoxy groups -OCH3 is 1. The van der Waals surface area contributed by atoms with Gasteiger partial charge in [-0.1, -0.05) is 18.2 Å². The second-order valence-electron chi connectivity index (χ2n) is 7.63. The molecular formula is C24H30N2O5S. The minimum atomic E-state index is -0.595. The first kappa shape index (κ1) is 25.3. The molecule has 32 heavy (non-hydrogen) atoms. The van der Waals surface area contributed by atoms with Crippen molar-refractivity contribution in [3.8, 4) is 5.75 Å². The molecule has 0 unspecified atom stereocenters. The molecule has 0 radical (unpaired) electrons. The second kappa shape index (κ2) is 12.1. The molecule has 2 aromatic rings. The fourth-order valence-corrected chi connectivity index (χ4v) is 4.09. The van der Waals surface area contributed by atoms with Gasteiger partial charge in [0.15, 0.2) is 6.61 Å². The Kier molecular flexibility index (Phi) is 9.59. The number of ether oxygens (including phenoxy) is 2. The van der Waals surface area contributed by atoms with Crippen LogP contribution in [-0.2, 0) is 14.3 Å². The van der Waals surface area contributed by atoms with Gasteiger partial charge in [-0.2, -0.15) is 0 Å². The van der Waals surface area contributed by atoms with Crippen LogP contribution < -0.4 is 10.1 Å². The van der Waals surface area contributed by atoms with Gasteiger partial charge in [-0.15, -0.1) is 11.8 Å². The van der Waals surface area contributed by atoms with Crippen molar-refractivity contribution in [3.63, 3.8) is 0 Å². The lowest BCUT2D eigenvalue weighted by molar-refractivity contribution is -0.138. The molecule has 172 valence electrons. The molecule has 8 heteroatoms. The molecule has 0 spiro atoms. The van der Waals surface area contributed by atoms with Gasteiger partial charge in [0.25, 0.3) is 5.91 Å². The number of hydrogen-bond donors (Lipinski definition) is 1. The van der Waals surface area contributed by atoms with Gasteiger partial charge in [0, 0.05) is 28.7 Å². The van der Waals surface area contributed by atoms with Crippen LogP contribution in [0.4, 0.5) is 5.69 Å². The summed E-state index contributed by atoms with van der Waals surface area (Å²) < 4.78 is 10.4. The smallest absolute Gasteiger partial charge is 0.339 e. The van der Waals surface area contributed by atoms with E-state index in [1.54, 1.807) is 60.5 Å². The van der Waals surface area contributed by atoms with Crippen LogP contribution in [0.25, 0.3) is 0 Å². The highest BCUT2D eigenvalue weighted by molar-refractivity contribution is 8.00. The third kappa shape index (κ3) is 7.30. The van der Waals surface area contributed by atoms with E-state index in [0.717, 1.165) is 0 Å². The maximum absolute atomic E-state index is 12.6. The number of carbonyl (C=O) groups excluding carboxylic acids is 3. The third-order valence-electron chi connectivity index (χ3n) is 4.55. The van der Waals surface area contributed by atoms with E-state index in [0.29, 0.717) is 21.9 Å². The van der Waals surface area contributed by atoms with Crippen LogP contribution in [0.1, 0.15) is 38.1 Å². The molecule has 2 aromatic carbocycles. The van der Waals surface area contributed by atoms with Gasteiger partial charge in [0.2, 0.25) is 5.91 Å². The minimum absolute atomic E-state index is 0.00661. The van der Waals surface area contributed by atoms with Crippen LogP contribution in [0, 0.1) is 0 Å². The summed E-state index contributed by atoms with van der Waals surface area (Å²) >= 11 is 1.22. The predicted octanol–water partition coefficient (Wildman–Crippen LogP) is 4.23. The van der Waals surface area contributed by atoms with Crippen molar-refractivity contribution >= 4 is 35.2 Å². The van der Waals surface area contributed by atoms with Crippen molar-refractivity contribution in [1.29, 1.82) is 0 Å². The minimum Gasteiger partial charge on any atom is -0.497 e. The zero-order valence-corrected chi connectivity index (χ0v) is 19.9. The van der Waals surface area contributed by atoms with Crippen molar-refractivity contribution in [3.05, 3.63) is 54.1 Å². The van der Waals surface area contributed by atoms with Gasteiger partial charge in [-0.05, 0) is 52.0 Å². The number of thioether (sulfide) groups is 1. The molecule has 0 heterocycles. The first-order valence-corrected chi connectivity index (χ1v) is 11.4. The fourth-order valence-electron chi connectivity index (χ4n) is 3.25. The van der Waals surface area contributed by atoms with Crippen molar-refractivity contribution < 1.29 is 23.9 Å². The van der Waals surface area contributed by atoms with Crippen LogP contribution in [0.15, 0.2) is 53.4 Å². The Morgan fingerprint density at radius 3 is 2.34 bits per heavy atom. The standard InChI is InChI=1S/C24H30N2O5S/c1-16(2)26(17(3)4)23(28)14-31-24(29)20-11-6-7-12-21(20)32-15-22(27)25-18-9-8-10-19(13-18)30-5/h6-13,16-17H,14-15H2,1-5H3,(H,25,27). The fraction of sp³-hybridized carbons (Fsp3) is 0.375. The Morgan fingerprint density at radius 2 is 1.69 bits per heavy atom. The summed E-state index contributed by atoms with van der Waals surface area (Å²) in [7, 11) is 1.56. The van der Waals surface area contributed by atoms with Crippen LogP contribution in [-0.4, -0.2) is 54.2 Å². The molecule has 2 rings (SSSR count). The number of anilines is 1. The maximum Gasteiger partial charge on any atom is 0.339 e. The van der Waals surface area contributed by atoms with Crippen LogP contribution >= 0.6 is 11.8 Å². The van der Waals surface area contributed by atoms with Crippen molar-refractivity contribution in [2.45, 2.75) is 44.7 Å². The first-order valence-electron chi connectivity index (χ1n) is 10.4. The maximum atomic E-state index is 12.6. The molecule has 0 saturated heterocycles. The second-order valence-corrected chi connectivity index (χ2v) is 8.65. The number of nitrogens with one attached hydrogen (secondary N) is 1. The zero-order chi connectivity index (χ0) is 23.7. The lowest BCUT2D eigenvalue weighted by atomic mass is 10.2. The molecule has 2 amide bonds. The van der Waals surface area contributed by atoms with Crippen LogP contribution in [0.2, 0.25) is 0 Å². The number of esters is 1. The molecule has 0 atom stereocenters. The van der Waals surface area contributed by atoms with Crippen molar-refractivity contribution in [2.24, 2.45) is 0 Å². The van der Waals surface area contributed by atoms with E-state index < -0.39 is 5.97 Å². The topological polar surface area (TPSA) is 84.9 Å². The number of nitrogens with zero attached hydrogens (tertiary/aromatic N) is 1. The molecule has 0 saturated carbocycles. The van der Waals surface area contributed by atoms with Gasteiger partial charge >= 0.3 is 5.97 Å². The quantitative estimate of drug-likeness (QED) is 0.424. The summed E-state index contributed by atoms with van der Waals surface area (Å²) in [4.78, 5) is 39.7. The van der Waals surface area contributed by atoms with Gasteiger partial charge in [0.05, 0.1) is 18.4 Å². The highest BCUT2D eigenvalue weighted by Crippen LogP contribution is 2.24.